The summed E-state index contributed by atoms with van der Waals surface area (Å²) in [6.07, 6.45) is 0.859. The molecule has 0 spiro atoms. The van der Waals surface area contributed by atoms with Crippen molar-refractivity contribution >= 4 is 9.84 Å². The maximum atomic E-state index is 12.0. The highest BCUT2D eigenvalue weighted by Crippen LogP contribution is 2.14. The monoisotopic (exact) mass is 235 g/mol. The van der Waals surface area contributed by atoms with Gasteiger partial charge in [-0.3, -0.25) is 0 Å². The molecule has 0 heterocycles. The van der Waals surface area contributed by atoms with Crippen molar-refractivity contribution in [2.75, 3.05) is 12.3 Å². The predicted molar refractivity (Wildman–Crippen MR) is 65.8 cm³/mol. The molecule has 0 rings (SSSR count). The van der Waals surface area contributed by atoms with E-state index in [1.54, 1.807) is 6.92 Å². The molecule has 4 heteroatoms. The number of hydrogen-bond donors (Lipinski definition) is 1. The van der Waals surface area contributed by atoms with Crippen molar-refractivity contribution in [1.29, 1.82) is 0 Å². The summed E-state index contributed by atoms with van der Waals surface area (Å²) in [6, 6.07) is 0.0983. The van der Waals surface area contributed by atoms with E-state index in [-0.39, 0.29) is 23.0 Å². The zero-order valence-electron chi connectivity index (χ0n) is 10.6. The molecule has 92 valence electrons. The Balaban J connectivity index is 4.48. The quantitative estimate of drug-likeness (QED) is 0.732. The minimum Gasteiger partial charge on any atom is -0.313 e. The molecule has 0 aromatic carbocycles. The van der Waals surface area contributed by atoms with Gasteiger partial charge in [0.25, 0.3) is 0 Å². The lowest BCUT2D eigenvalue weighted by Crippen LogP contribution is -2.39. The first kappa shape index (κ1) is 14.9. The van der Waals surface area contributed by atoms with Gasteiger partial charge in [0.1, 0.15) is 0 Å². The third-order valence-electron chi connectivity index (χ3n) is 2.92. The Kier molecular flexibility index (Phi) is 6.44. The first-order chi connectivity index (χ1) is 6.85. The van der Waals surface area contributed by atoms with Crippen LogP contribution in [0, 0.1) is 5.92 Å². The summed E-state index contributed by atoms with van der Waals surface area (Å²) >= 11 is 0. The van der Waals surface area contributed by atoms with Gasteiger partial charge in [-0.05, 0) is 25.8 Å². The highest BCUT2D eigenvalue weighted by molar-refractivity contribution is 7.92. The zero-order chi connectivity index (χ0) is 12.1. The molecule has 1 N–H and O–H groups in total. The third-order valence-corrected chi connectivity index (χ3v) is 5.47. The van der Waals surface area contributed by atoms with Crippen LogP contribution in [0.25, 0.3) is 0 Å². The van der Waals surface area contributed by atoms with Crippen molar-refractivity contribution < 1.29 is 8.42 Å². The fraction of sp³-hybridized carbons (Fsp3) is 1.00. The van der Waals surface area contributed by atoms with E-state index in [0.29, 0.717) is 0 Å². The van der Waals surface area contributed by atoms with Crippen molar-refractivity contribution in [3.8, 4) is 0 Å². The molecule has 3 nitrogen and oxygen atoms in total. The molecule has 2 unspecified atom stereocenters. The van der Waals surface area contributed by atoms with Crippen LogP contribution in [0.1, 0.15) is 41.0 Å². The molecule has 0 aliphatic rings. The van der Waals surface area contributed by atoms with Crippen LogP contribution in [0.5, 0.6) is 0 Å². The first-order valence-corrected chi connectivity index (χ1v) is 7.51. The number of nitrogens with one attached hydrogen (secondary N) is 1. The topological polar surface area (TPSA) is 46.2 Å². The smallest absolute Gasteiger partial charge is 0.154 e. The molecule has 0 aliphatic carbocycles. The Morgan fingerprint density at radius 2 is 1.67 bits per heavy atom. The highest BCUT2D eigenvalue weighted by atomic mass is 32.2. The molecule has 15 heavy (non-hydrogen) atoms. The van der Waals surface area contributed by atoms with Gasteiger partial charge in [-0.1, -0.05) is 27.7 Å². The second kappa shape index (κ2) is 6.48. The Hall–Kier alpha value is -0.0900. The summed E-state index contributed by atoms with van der Waals surface area (Å²) in [5.74, 6) is 0.450. The lowest BCUT2D eigenvalue weighted by atomic mass is 10.2. The standard InChI is InChI=1S/C11H25NO2S/c1-6-11(12-7-2)8-15(13,14)10(5)9(3)4/h9-12H,6-8H2,1-5H3. The van der Waals surface area contributed by atoms with Gasteiger partial charge in [-0.15, -0.1) is 0 Å². The summed E-state index contributed by atoms with van der Waals surface area (Å²) in [5.41, 5.74) is 0. The summed E-state index contributed by atoms with van der Waals surface area (Å²) in [5, 5.41) is 2.96. The van der Waals surface area contributed by atoms with E-state index in [0.717, 1.165) is 13.0 Å². The van der Waals surface area contributed by atoms with Gasteiger partial charge in [-0.2, -0.15) is 0 Å². The second-order valence-electron chi connectivity index (χ2n) is 4.44. The summed E-state index contributed by atoms with van der Waals surface area (Å²) < 4.78 is 24.0. The van der Waals surface area contributed by atoms with Gasteiger partial charge in [0.05, 0.1) is 11.0 Å². The average Bonchev–Trinajstić information content (AvgIpc) is 2.15. The fourth-order valence-electron chi connectivity index (χ4n) is 1.46. The molecule has 0 amide bonds. The van der Waals surface area contributed by atoms with E-state index in [9.17, 15) is 8.42 Å². The van der Waals surface area contributed by atoms with Crippen molar-refractivity contribution in [2.45, 2.75) is 52.3 Å². The first-order valence-electron chi connectivity index (χ1n) is 5.80. The molecule has 0 bridgehead atoms. The van der Waals surface area contributed by atoms with E-state index in [1.165, 1.54) is 0 Å². The molecular weight excluding hydrogens is 210 g/mol. The van der Waals surface area contributed by atoms with Gasteiger partial charge in [0, 0.05) is 6.04 Å². The Labute approximate surface area is 94.6 Å². The Morgan fingerprint density at radius 1 is 1.13 bits per heavy atom. The van der Waals surface area contributed by atoms with E-state index in [2.05, 4.69) is 5.32 Å². The number of hydrogen-bond acceptors (Lipinski definition) is 3. The Bertz CT molecular complexity index is 260. The van der Waals surface area contributed by atoms with Crippen molar-refractivity contribution in [3.63, 3.8) is 0 Å². The van der Waals surface area contributed by atoms with Crippen molar-refractivity contribution in [1.82, 2.24) is 5.32 Å². The van der Waals surface area contributed by atoms with Crippen LogP contribution in [0.15, 0.2) is 0 Å². The lowest BCUT2D eigenvalue weighted by molar-refractivity contribution is 0.512. The van der Waals surface area contributed by atoms with E-state index in [4.69, 9.17) is 0 Å². The van der Waals surface area contributed by atoms with Gasteiger partial charge < -0.3 is 5.32 Å². The molecule has 0 aromatic heterocycles. The zero-order valence-corrected chi connectivity index (χ0v) is 11.4. The van der Waals surface area contributed by atoms with Crippen molar-refractivity contribution in [3.05, 3.63) is 0 Å². The van der Waals surface area contributed by atoms with Crippen LogP contribution in [0.3, 0.4) is 0 Å². The summed E-state index contributed by atoms with van der Waals surface area (Å²) in [6.45, 7) is 10.6. The van der Waals surface area contributed by atoms with Crippen LogP contribution < -0.4 is 5.32 Å². The predicted octanol–water partition coefficient (Wildman–Crippen LogP) is 1.83. The Morgan fingerprint density at radius 3 is 2.00 bits per heavy atom. The molecule has 0 radical (unpaired) electrons. The average molecular weight is 235 g/mol. The molecule has 0 aromatic rings. The number of sulfone groups is 1. The van der Waals surface area contributed by atoms with Gasteiger partial charge in [0.15, 0.2) is 9.84 Å². The van der Waals surface area contributed by atoms with E-state index in [1.807, 2.05) is 27.7 Å². The van der Waals surface area contributed by atoms with E-state index >= 15 is 0 Å². The third kappa shape index (κ3) is 4.98. The molecule has 0 fully saturated rings. The van der Waals surface area contributed by atoms with Gasteiger partial charge in [0.2, 0.25) is 0 Å². The maximum absolute atomic E-state index is 12.0. The maximum Gasteiger partial charge on any atom is 0.154 e. The van der Waals surface area contributed by atoms with Crippen LogP contribution in [0.4, 0.5) is 0 Å². The molecule has 0 saturated carbocycles. The largest absolute Gasteiger partial charge is 0.313 e. The van der Waals surface area contributed by atoms with Crippen LogP contribution >= 0.6 is 0 Å². The lowest BCUT2D eigenvalue weighted by Gasteiger charge is -2.21. The number of rotatable bonds is 7. The molecular formula is C11H25NO2S. The molecule has 0 saturated heterocycles. The van der Waals surface area contributed by atoms with Crippen LogP contribution in [-0.4, -0.2) is 32.0 Å². The van der Waals surface area contributed by atoms with Crippen molar-refractivity contribution in [2.24, 2.45) is 5.92 Å². The SMILES string of the molecule is CCNC(CC)CS(=O)(=O)C(C)C(C)C. The minimum absolute atomic E-state index is 0.0983. The van der Waals surface area contributed by atoms with Crippen LogP contribution in [0.2, 0.25) is 0 Å². The van der Waals surface area contributed by atoms with E-state index < -0.39 is 9.84 Å². The van der Waals surface area contributed by atoms with Crippen LogP contribution in [-0.2, 0) is 9.84 Å². The molecule has 0 aliphatic heterocycles. The minimum atomic E-state index is -2.96. The van der Waals surface area contributed by atoms with Gasteiger partial charge >= 0.3 is 0 Å². The molecule has 2 atom stereocenters. The fourth-order valence-corrected chi connectivity index (χ4v) is 3.50. The summed E-state index contributed by atoms with van der Waals surface area (Å²) in [7, 11) is -2.96. The van der Waals surface area contributed by atoms with Gasteiger partial charge in [-0.25, -0.2) is 8.42 Å². The summed E-state index contributed by atoms with van der Waals surface area (Å²) in [4.78, 5) is 0. The normalized spacial score (nSPS) is 16.7. The highest BCUT2D eigenvalue weighted by Gasteiger charge is 2.26. The second-order valence-corrected chi connectivity index (χ2v) is 6.84.